The Morgan fingerprint density at radius 1 is 1.31 bits per heavy atom. The van der Waals surface area contributed by atoms with Crippen LogP contribution in [0.2, 0.25) is 0 Å². The largest absolute Gasteiger partial charge is 0.490 e. The number of alkyl halides is 3. The first kappa shape index (κ1) is 25.4. The minimum absolute atomic E-state index is 0.0281. The lowest BCUT2D eigenvalue weighted by Gasteiger charge is -2.33. The van der Waals surface area contributed by atoms with Crippen LogP contribution in [-0.2, 0) is 36.1 Å². The molecule has 0 aromatic carbocycles. The standard InChI is InChI=1S/C18H28N6O.C2HF3O2/c1-12(2)19-17(25)9-15-10-24-7-6-23(14(4)18(24)20-15)11-16-8-13(3)21-22(16)5;3-2(4,5)1(6)7/h8,10,12,14H,6-7,9,11H2,1-5H3,(H,19,25);(H,6,7). The molecule has 32 heavy (non-hydrogen) atoms. The van der Waals surface area contributed by atoms with Crippen molar-refractivity contribution in [1.82, 2.24) is 29.5 Å². The van der Waals surface area contributed by atoms with Crippen molar-refractivity contribution in [2.45, 2.75) is 65.5 Å². The number of aromatic nitrogens is 4. The van der Waals surface area contributed by atoms with Gasteiger partial charge in [-0.1, -0.05) is 0 Å². The molecule has 1 unspecified atom stereocenters. The van der Waals surface area contributed by atoms with Gasteiger partial charge in [0.2, 0.25) is 5.91 Å². The maximum atomic E-state index is 12.0. The Hall–Kier alpha value is -2.89. The van der Waals surface area contributed by atoms with E-state index in [0.717, 1.165) is 36.8 Å². The van der Waals surface area contributed by atoms with Crippen molar-refractivity contribution < 1.29 is 27.9 Å². The van der Waals surface area contributed by atoms with Crippen LogP contribution in [0, 0.1) is 6.92 Å². The maximum Gasteiger partial charge on any atom is 0.490 e. The lowest BCUT2D eigenvalue weighted by Crippen LogP contribution is -2.36. The molecule has 0 saturated carbocycles. The van der Waals surface area contributed by atoms with Crippen LogP contribution in [0.3, 0.4) is 0 Å². The Labute approximate surface area is 184 Å². The third kappa shape index (κ3) is 6.81. The third-order valence-electron chi connectivity index (χ3n) is 4.90. The van der Waals surface area contributed by atoms with Gasteiger partial charge in [0.15, 0.2) is 0 Å². The normalized spacial score (nSPS) is 16.3. The number of hydrogen-bond acceptors (Lipinski definition) is 5. The molecule has 0 radical (unpaired) electrons. The summed E-state index contributed by atoms with van der Waals surface area (Å²) >= 11 is 0. The molecule has 1 aliphatic rings. The number of hydrogen-bond donors (Lipinski definition) is 2. The lowest BCUT2D eigenvalue weighted by molar-refractivity contribution is -0.192. The quantitative estimate of drug-likeness (QED) is 0.712. The zero-order chi connectivity index (χ0) is 24.2. The topological polar surface area (TPSA) is 105 Å². The predicted octanol–water partition coefficient (Wildman–Crippen LogP) is 2.20. The molecule has 0 bridgehead atoms. The van der Waals surface area contributed by atoms with E-state index < -0.39 is 12.1 Å². The van der Waals surface area contributed by atoms with Gasteiger partial charge in [-0.15, -0.1) is 0 Å². The fourth-order valence-corrected chi connectivity index (χ4v) is 3.45. The Morgan fingerprint density at radius 3 is 2.44 bits per heavy atom. The van der Waals surface area contributed by atoms with E-state index in [1.54, 1.807) is 0 Å². The Kier molecular flexibility index (Phi) is 8.05. The van der Waals surface area contributed by atoms with E-state index in [1.807, 2.05) is 38.7 Å². The first-order valence-electron chi connectivity index (χ1n) is 10.2. The Balaban J connectivity index is 0.000000451. The summed E-state index contributed by atoms with van der Waals surface area (Å²) in [5.74, 6) is -1.69. The summed E-state index contributed by atoms with van der Waals surface area (Å²) in [4.78, 5) is 28.0. The number of carbonyl (C=O) groups is 2. The number of aliphatic carboxylic acids is 1. The van der Waals surface area contributed by atoms with E-state index in [-0.39, 0.29) is 18.0 Å². The minimum atomic E-state index is -5.08. The lowest BCUT2D eigenvalue weighted by atomic mass is 10.2. The number of carbonyl (C=O) groups excluding carboxylic acids is 1. The van der Waals surface area contributed by atoms with Crippen molar-refractivity contribution in [3.8, 4) is 0 Å². The number of aryl methyl sites for hydroxylation is 2. The van der Waals surface area contributed by atoms with Crippen LogP contribution in [0.4, 0.5) is 13.2 Å². The summed E-state index contributed by atoms with van der Waals surface area (Å²) in [5, 5.41) is 14.5. The van der Waals surface area contributed by atoms with Gasteiger partial charge in [-0.05, 0) is 33.8 Å². The van der Waals surface area contributed by atoms with Crippen molar-refractivity contribution in [3.63, 3.8) is 0 Å². The van der Waals surface area contributed by atoms with E-state index in [1.165, 1.54) is 5.69 Å². The average Bonchev–Trinajstić information content (AvgIpc) is 3.19. The second-order valence-corrected chi connectivity index (χ2v) is 8.03. The number of carboxylic acids is 1. The van der Waals surface area contributed by atoms with Gasteiger partial charge in [0.1, 0.15) is 5.82 Å². The second-order valence-electron chi connectivity index (χ2n) is 8.03. The maximum absolute atomic E-state index is 12.0. The van der Waals surface area contributed by atoms with Gasteiger partial charge >= 0.3 is 12.1 Å². The molecule has 3 rings (SSSR count). The highest BCUT2D eigenvalue weighted by Crippen LogP contribution is 2.26. The predicted molar refractivity (Wildman–Crippen MR) is 110 cm³/mol. The number of nitrogens with zero attached hydrogens (tertiary/aromatic N) is 5. The number of imidazole rings is 1. The monoisotopic (exact) mass is 458 g/mol. The zero-order valence-electron chi connectivity index (χ0n) is 18.8. The van der Waals surface area contributed by atoms with E-state index in [2.05, 4.69) is 32.9 Å². The summed E-state index contributed by atoms with van der Waals surface area (Å²) in [6.07, 6.45) is -2.72. The molecule has 0 saturated heterocycles. The van der Waals surface area contributed by atoms with Crippen LogP contribution in [-0.4, -0.2) is 60.0 Å². The molecule has 178 valence electrons. The summed E-state index contributed by atoms with van der Waals surface area (Å²) in [6, 6.07) is 2.50. The summed E-state index contributed by atoms with van der Waals surface area (Å²) < 4.78 is 35.9. The van der Waals surface area contributed by atoms with Gasteiger partial charge in [-0.25, -0.2) is 9.78 Å². The van der Waals surface area contributed by atoms with E-state index in [9.17, 15) is 18.0 Å². The summed E-state index contributed by atoms with van der Waals surface area (Å²) in [5.41, 5.74) is 3.10. The molecular weight excluding hydrogens is 429 g/mol. The van der Waals surface area contributed by atoms with Gasteiger partial charge < -0.3 is 15.0 Å². The molecule has 1 amide bonds. The van der Waals surface area contributed by atoms with E-state index >= 15 is 0 Å². The first-order chi connectivity index (χ1) is 14.8. The highest BCUT2D eigenvalue weighted by molar-refractivity contribution is 5.78. The van der Waals surface area contributed by atoms with Crippen LogP contribution in [0.25, 0.3) is 0 Å². The molecule has 0 aliphatic carbocycles. The average molecular weight is 458 g/mol. The van der Waals surface area contributed by atoms with Gasteiger partial charge in [-0.2, -0.15) is 18.3 Å². The molecule has 1 aliphatic heterocycles. The molecule has 2 aromatic heterocycles. The van der Waals surface area contributed by atoms with Crippen LogP contribution in [0.15, 0.2) is 12.3 Å². The molecule has 2 aromatic rings. The summed E-state index contributed by atoms with van der Waals surface area (Å²) in [7, 11) is 1.99. The highest BCUT2D eigenvalue weighted by Gasteiger charge is 2.38. The highest BCUT2D eigenvalue weighted by atomic mass is 19.4. The second kappa shape index (κ2) is 10.2. The number of fused-ring (bicyclic) bond motifs is 1. The molecule has 0 fully saturated rings. The van der Waals surface area contributed by atoms with Crippen LogP contribution in [0.5, 0.6) is 0 Å². The molecule has 12 heteroatoms. The number of amides is 1. The molecule has 3 heterocycles. The van der Waals surface area contributed by atoms with Crippen LogP contribution in [0.1, 0.15) is 49.7 Å². The number of halogens is 3. The first-order valence-corrected chi connectivity index (χ1v) is 10.2. The smallest absolute Gasteiger partial charge is 0.475 e. The SMILES string of the molecule is Cc1cc(CN2CCn3cc(CC(=O)NC(C)C)nc3C2C)n(C)n1.O=C(O)C(F)(F)F. The van der Waals surface area contributed by atoms with Crippen LogP contribution < -0.4 is 5.32 Å². The zero-order valence-corrected chi connectivity index (χ0v) is 18.8. The molecular formula is C20H29F3N6O3. The van der Waals surface area contributed by atoms with E-state index in [4.69, 9.17) is 14.9 Å². The fraction of sp³-hybridized carbons (Fsp3) is 0.600. The number of nitrogens with one attached hydrogen (secondary N) is 1. The number of rotatable bonds is 5. The van der Waals surface area contributed by atoms with Crippen molar-refractivity contribution >= 4 is 11.9 Å². The summed E-state index contributed by atoms with van der Waals surface area (Å²) in [6.45, 7) is 10.9. The van der Waals surface area contributed by atoms with Crippen molar-refractivity contribution in [2.24, 2.45) is 7.05 Å². The van der Waals surface area contributed by atoms with Crippen molar-refractivity contribution in [1.29, 1.82) is 0 Å². The van der Waals surface area contributed by atoms with Crippen molar-refractivity contribution in [2.75, 3.05) is 6.54 Å². The van der Waals surface area contributed by atoms with Gasteiger partial charge in [0.25, 0.3) is 0 Å². The molecule has 9 nitrogen and oxygen atoms in total. The number of carboxylic acid groups (broad SMARTS) is 1. The Bertz CT molecular complexity index is 951. The molecule has 0 spiro atoms. The molecule has 2 N–H and O–H groups in total. The fourth-order valence-electron chi connectivity index (χ4n) is 3.45. The van der Waals surface area contributed by atoms with E-state index in [0.29, 0.717) is 6.42 Å². The third-order valence-corrected chi connectivity index (χ3v) is 4.90. The Morgan fingerprint density at radius 2 is 1.94 bits per heavy atom. The van der Waals surface area contributed by atoms with Gasteiger partial charge in [0.05, 0.1) is 29.5 Å². The minimum Gasteiger partial charge on any atom is -0.475 e. The van der Waals surface area contributed by atoms with Gasteiger partial charge in [-0.3, -0.25) is 14.4 Å². The van der Waals surface area contributed by atoms with Crippen molar-refractivity contribution in [3.05, 3.63) is 35.2 Å². The van der Waals surface area contributed by atoms with Crippen LogP contribution >= 0.6 is 0 Å². The van der Waals surface area contributed by atoms with Gasteiger partial charge in [0, 0.05) is 38.9 Å². The molecule has 1 atom stereocenters.